The minimum absolute atomic E-state index is 0.118. The molecule has 1 fully saturated rings. The van der Waals surface area contributed by atoms with Crippen molar-refractivity contribution in [3.05, 3.63) is 30.9 Å². The average molecular weight is 288 g/mol. The van der Waals surface area contributed by atoms with Crippen molar-refractivity contribution in [2.24, 2.45) is 11.8 Å². The lowest BCUT2D eigenvalue weighted by Crippen LogP contribution is -2.39. The average Bonchev–Trinajstić information content (AvgIpc) is 3.15. The normalized spacial score (nSPS) is 24.1. The smallest absolute Gasteiger partial charge is 0.317 e. The molecular weight excluding hydrogens is 264 g/mol. The van der Waals surface area contributed by atoms with E-state index in [9.17, 15) is 4.79 Å². The van der Waals surface area contributed by atoms with Crippen LogP contribution in [-0.4, -0.2) is 40.1 Å². The van der Waals surface area contributed by atoms with E-state index in [2.05, 4.69) is 27.0 Å². The molecule has 0 radical (unpaired) electrons. The van der Waals surface area contributed by atoms with Crippen molar-refractivity contribution in [1.82, 2.24) is 19.8 Å². The molecule has 1 N–H and O–H groups in total. The summed E-state index contributed by atoms with van der Waals surface area (Å²) < 4.78 is 2.07. The van der Waals surface area contributed by atoms with E-state index in [1.165, 1.54) is 0 Å². The number of rotatable bonds is 5. The van der Waals surface area contributed by atoms with Crippen LogP contribution in [0.5, 0.6) is 0 Å². The Bertz CT molecular complexity index is 466. The highest BCUT2D eigenvalue weighted by atomic mass is 16.2. The summed E-state index contributed by atoms with van der Waals surface area (Å²) in [5.74, 6) is 1.36. The lowest BCUT2D eigenvalue weighted by atomic mass is 9.86. The zero-order chi connectivity index (χ0) is 14.5. The van der Waals surface area contributed by atoms with Gasteiger partial charge in [0.25, 0.3) is 0 Å². The van der Waals surface area contributed by atoms with Crippen molar-refractivity contribution in [3.8, 4) is 0 Å². The Hall–Kier alpha value is -1.78. The summed E-state index contributed by atoms with van der Waals surface area (Å²) in [6, 6.07) is 0.118. The SMILES string of the molecule is O=C(NCCCCn1ccnc1)N1C[C@H]2CC=CC[C@@H]2C1. The van der Waals surface area contributed by atoms with E-state index < -0.39 is 0 Å². The van der Waals surface area contributed by atoms with E-state index in [0.717, 1.165) is 51.9 Å². The predicted octanol–water partition coefficient (Wildman–Crippen LogP) is 2.27. The van der Waals surface area contributed by atoms with Crippen molar-refractivity contribution in [3.63, 3.8) is 0 Å². The second-order valence-electron chi connectivity index (χ2n) is 6.11. The number of imidazole rings is 1. The molecule has 2 atom stereocenters. The molecule has 1 aromatic rings. The van der Waals surface area contributed by atoms with Gasteiger partial charge in [0.1, 0.15) is 0 Å². The maximum absolute atomic E-state index is 12.2. The molecule has 5 heteroatoms. The van der Waals surface area contributed by atoms with Gasteiger partial charge in [0.15, 0.2) is 0 Å². The molecule has 5 nitrogen and oxygen atoms in total. The van der Waals surface area contributed by atoms with Crippen LogP contribution in [0.15, 0.2) is 30.9 Å². The van der Waals surface area contributed by atoms with Crippen LogP contribution in [0.4, 0.5) is 4.79 Å². The number of nitrogens with zero attached hydrogens (tertiary/aromatic N) is 3. The Morgan fingerprint density at radius 1 is 1.19 bits per heavy atom. The molecule has 21 heavy (non-hydrogen) atoms. The Morgan fingerprint density at radius 3 is 2.62 bits per heavy atom. The monoisotopic (exact) mass is 288 g/mol. The minimum Gasteiger partial charge on any atom is -0.338 e. The number of carbonyl (C=O) groups is 1. The summed E-state index contributed by atoms with van der Waals surface area (Å²) >= 11 is 0. The summed E-state index contributed by atoms with van der Waals surface area (Å²) in [6.45, 7) is 3.58. The fraction of sp³-hybridized carbons (Fsp3) is 0.625. The Morgan fingerprint density at radius 2 is 1.95 bits per heavy atom. The third-order valence-corrected chi connectivity index (χ3v) is 4.59. The number of unbranched alkanes of at least 4 members (excludes halogenated alkanes) is 1. The molecule has 1 aliphatic heterocycles. The molecule has 1 saturated heterocycles. The van der Waals surface area contributed by atoms with E-state index in [1.54, 1.807) is 6.20 Å². The number of urea groups is 1. The van der Waals surface area contributed by atoms with Crippen LogP contribution in [0.1, 0.15) is 25.7 Å². The number of fused-ring (bicyclic) bond motifs is 1. The van der Waals surface area contributed by atoms with E-state index >= 15 is 0 Å². The molecule has 0 bridgehead atoms. The molecule has 3 rings (SSSR count). The zero-order valence-corrected chi connectivity index (χ0v) is 12.4. The van der Waals surface area contributed by atoms with Crippen molar-refractivity contribution < 1.29 is 4.79 Å². The number of aromatic nitrogens is 2. The number of aryl methyl sites for hydroxylation is 1. The van der Waals surface area contributed by atoms with Crippen LogP contribution in [0.25, 0.3) is 0 Å². The molecule has 2 amide bonds. The summed E-state index contributed by atoms with van der Waals surface area (Å²) in [5, 5.41) is 3.06. The van der Waals surface area contributed by atoms with Crippen molar-refractivity contribution >= 4 is 6.03 Å². The first-order chi connectivity index (χ1) is 10.3. The fourth-order valence-corrected chi connectivity index (χ4v) is 3.33. The summed E-state index contributed by atoms with van der Waals surface area (Å²) in [6.07, 6.45) is 14.5. The molecule has 1 aromatic heterocycles. The molecular formula is C16H24N4O. The summed E-state index contributed by atoms with van der Waals surface area (Å²) in [5.41, 5.74) is 0. The van der Waals surface area contributed by atoms with Gasteiger partial charge in [-0.2, -0.15) is 0 Å². The van der Waals surface area contributed by atoms with Gasteiger partial charge in [0.05, 0.1) is 6.33 Å². The Labute approximate surface area is 126 Å². The largest absolute Gasteiger partial charge is 0.338 e. The van der Waals surface area contributed by atoms with Gasteiger partial charge >= 0.3 is 6.03 Å². The lowest BCUT2D eigenvalue weighted by Gasteiger charge is -2.17. The third kappa shape index (κ3) is 3.65. The zero-order valence-electron chi connectivity index (χ0n) is 12.4. The molecule has 0 saturated carbocycles. The van der Waals surface area contributed by atoms with Gasteiger partial charge < -0.3 is 14.8 Å². The van der Waals surface area contributed by atoms with E-state index in [0.29, 0.717) is 11.8 Å². The highest BCUT2D eigenvalue weighted by Gasteiger charge is 2.34. The molecule has 114 valence electrons. The first-order valence-corrected chi connectivity index (χ1v) is 7.96. The standard InChI is InChI=1S/C16H24N4O/c21-16(18-7-3-4-9-19-10-8-17-13-19)20-11-14-5-1-2-6-15(14)12-20/h1-2,8,10,13-15H,3-7,9,11-12H2,(H,18,21)/t14-,15-/m1/s1. The number of allylic oxidation sites excluding steroid dienone is 2. The van der Waals surface area contributed by atoms with Gasteiger partial charge in [-0.15, -0.1) is 0 Å². The first-order valence-electron chi connectivity index (χ1n) is 7.96. The molecule has 0 unspecified atom stereocenters. The Kier molecular flexibility index (Phi) is 4.58. The number of hydrogen-bond donors (Lipinski definition) is 1. The van der Waals surface area contributed by atoms with E-state index in [1.807, 2.05) is 17.4 Å². The topological polar surface area (TPSA) is 50.2 Å². The summed E-state index contributed by atoms with van der Waals surface area (Å²) in [4.78, 5) is 18.2. The minimum atomic E-state index is 0.118. The Balaban J connectivity index is 1.32. The van der Waals surface area contributed by atoms with Crippen molar-refractivity contribution in [2.45, 2.75) is 32.2 Å². The predicted molar refractivity (Wildman–Crippen MR) is 81.8 cm³/mol. The lowest BCUT2D eigenvalue weighted by molar-refractivity contribution is 0.206. The highest BCUT2D eigenvalue weighted by Crippen LogP contribution is 2.32. The van der Waals surface area contributed by atoms with Crippen LogP contribution in [0.3, 0.4) is 0 Å². The third-order valence-electron chi connectivity index (χ3n) is 4.59. The second-order valence-corrected chi connectivity index (χ2v) is 6.11. The molecule has 0 spiro atoms. The van der Waals surface area contributed by atoms with Crippen LogP contribution < -0.4 is 5.32 Å². The molecule has 2 heterocycles. The van der Waals surface area contributed by atoms with Crippen LogP contribution in [0.2, 0.25) is 0 Å². The highest BCUT2D eigenvalue weighted by molar-refractivity contribution is 5.74. The van der Waals surface area contributed by atoms with Gasteiger partial charge in [-0.3, -0.25) is 0 Å². The number of likely N-dealkylation sites (tertiary alicyclic amines) is 1. The van der Waals surface area contributed by atoms with E-state index in [-0.39, 0.29) is 6.03 Å². The summed E-state index contributed by atoms with van der Waals surface area (Å²) in [7, 11) is 0. The van der Waals surface area contributed by atoms with Crippen molar-refractivity contribution in [2.75, 3.05) is 19.6 Å². The van der Waals surface area contributed by atoms with Gasteiger partial charge in [0.2, 0.25) is 0 Å². The second kappa shape index (κ2) is 6.78. The van der Waals surface area contributed by atoms with Gasteiger partial charge in [0, 0.05) is 38.6 Å². The number of hydrogen-bond acceptors (Lipinski definition) is 2. The van der Waals surface area contributed by atoms with Gasteiger partial charge in [-0.05, 0) is 37.5 Å². The van der Waals surface area contributed by atoms with Crippen LogP contribution in [-0.2, 0) is 6.54 Å². The van der Waals surface area contributed by atoms with Crippen molar-refractivity contribution in [1.29, 1.82) is 0 Å². The quantitative estimate of drug-likeness (QED) is 0.667. The maximum Gasteiger partial charge on any atom is 0.317 e. The fourth-order valence-electron chi connectivity index (χ4n) is 3.33. The molecule has 0 aromatic carbocycles. The number of amides is 2. The maximum atomic E-state index is 12.2. The van der Waals surface area contributed by atoms with Crippen LogP contribution >= 0.6 is 0 Å². The van der Waals surface area contributed by atoms with Crippen LogP contribution in [0, 0.1) is 11.8 Å². The first kappa shape index (κ1) is 14.2. The van der Waals surface area contributed by atoms with Gasteiger partial charge in [-0.1, -0.05) is 12.2 Å². The molecule has 1 aliphatic carbocycles. The number of nitrogens with one attached hydrogen (secondary N) is 1. The van der Waals surface area contributed by atoms with Gasteiger partial charge in [-0.25, -0.2) is 9.78 Å². The molecule has 2 aliphatic rings. The van der Waals surface area contributed by atoms with E-state index in [4.69, 9.17) is 0 Å². The number of carbonyl (C=O) groups excluding carboxylic acids is 1.